The van der Waals surface area contributed by atoms with Crippen molar-refractivity contribution in [1.82, 2.24) is 14.5 Å². The van der Waals surface area contributed by atoms with Crippen LogP contribution in [0.2, 0.25) is 0 Å². The first-order valence-electron chi connectivity index (χ1n) is 9.92. The number of benzene rings is 1. The monoisotopic (exact) mass is 385 g/mol. The summed E-state index contributed by atoms with van der Waals surface area (Å²) in [5, 5.41) is 1.15. The number of aryl methyl sites for hydroxylation is 2. The second-order valence-corrected chi connectivity index (χ2v) is 10.1. The first-order chi connectivity index (χ1) is 13.0. The molecule has 0 unspecified atom stereocenters. The molecule has 0 bridgehead atoms. The van der Waals surface area contributed by atoms with Gasteiger partial charge in [-0.05, 0) is 31.2 Å². The van der Waals surface area contributed by atoms with Crippen LogP contribution in [0.15, 0.2) is 30.5 Å². The minimum atomic E-state index is -2.87. The van der Waals surface area contributed by atoms with Gasteiger partial charge in [-0.1, -0.05) is 37.5 Å². The molecule has 144 valence electrons. The summed E-state index contributed by atoms with van der Waals surface area (Å²) in [5.74, 6) is 2.31. The minimum Gasteiger partial charge on any atom is -0.327 e. The Morgan fingerprint density at radius 2 is 1.93 bits per heavy atom. The van der Waals surface area contributed by atoms with Gasteiger partial charge in [0, 0.05) is 30.4 Å². The molecule has 1 saturated carbocycles. The molecule has 27 heavy (non-hydrogen) atoms. The zero-order valence-electron chi connectivity index (χ0n) is 15.9. The number of sulfone groups is 1. The Morgan fingerprint density at radius 3 is 2.70 bits per heavy atom. The van der Waals surface area contributed by atoms with E-state index >= 15 is 0 Å². The maximum atomic E-state index is 11.3. The first-order valence-corrected chi connectivity index (χ1v) is 12.0. The molecule has 0 saturated heterocycles. The number of rotatable bonds is 9. The van der Waals surface area contributed by atoms with Crippen molar-refractivity contribution < 1.29 is 8.42 Å². The highest BCUT2D eigenvalue weighted by Gasteiger charge is 2.22. The lowest BCUT2D eigenvalue weighted by molar-refractivity contribution is 0.569. The Hall–Kier alpha value is -1.95. The molecule has 1 aliphatic rings. The lowest BCUT2D eigenvalue weighted by Crippen LogP contribution is -2.07. The number of imidazole rings is 1. The highest BCUT2D eigenvalue weighted by molar-refractivity contribution is 7.90. The third-order valence-electron chi connectivity index (χ3n) is 5.43. The molecule has 1 aromatic carbocycles. The number of para-hydroxylation sites is 1. The van der Waals surface area contributed by atoms with Crippen LogP contribution in [0.1, 0.15) is 44.3 Å². The van der Waals surface area contributed by atoms with Crippen LogP contribution in [0.4, 0.5) is 0 Å². The number of aromatic nitrogens is 3. The molecular weight excluding hydrogens is 358 g/mol. The number of fused-ring (bicyclic) bond motifs is 3. The van der Waals surface area contributed by atoms with Gasteiger partial charge < -0.3 is 4.57 Å². The molecule has 2 heterocycles. The van der Waals surface area contributed by atoms with Gasteiger partial charge in [0.2, 0.25) is 0 Å². The molecule has 4 rings (SSSR count). The second-order valence-electron chi connectivity index (χ2n) is 7.86. The quantitative estimate of drug-likeness (QED) is 0.519. The van der Waals surface area contributed by atoms with Crippen molar-refractivity contribution in [2.75, 3.05) is 12.0 Å². The smallest absolute Gasteiger partial charge is 0.147 e. The Kier molecular flexibility index (Phi) is 5.17. The standard InChI is InChI=1S/C21H27N3O2S/c1-27(25,26)14-6-2-5-13-24-20(12-11-16-9-10-16)23-19-15-22-18-8-4-3-7-17(18)21(19)24/h3-4,7-8,15-16H,2,5-6,9-14H2,1H3. The van der Waals surface area contributed by atoms with Gasteiger partial charge in [0.15, 0.2) is 0 Å². The van der Waals surface area contributed by atoms with Crippen molar-refractivity contribution in [2.24, 2.45) is 5.92 Å². The summed E-state index contributed by atoms with van der Waals surface area (Å²) in [7, 11) is -2.87. The zero-order chi connectivity index (χ0) is 18.9. The average Bonchev–Trinajstić information content (AvgIpc) is 3.39. The molecule has 0 N–H and O–H groups in total. The maximum absolute atomic E-state index is 11.3. The predicted octanol–water partition coefficient (Wildman–Crippen LogP) is 4.14. The molecule has 6 heteroatoms. The van der Waals surface area contributed by atoms with Crippen LogP contribution in [-0.4, -0.2) is 35.0 Å². The van der Waals surface area contributed by atoms with Gasteiger partial charge in [-0.15, -0.1) is 0 Å². The molecule has 5 nitrogen and oxygen atoms in total. The lowest BCUT2D eigenvalue weighted by atomic mass is 10.2. The normalized spacial score (nSPS) is 15.0. The fourth-order valence-corrected chi connectivity index (χ4v) is 4.52. The Bertz CT molecular complexity index is 1050. The second kappa shape index (κ2) is 7.58. The van der Waals surface area contributed by atoms with E-state index in [0.29, 0.717) is 0 Å². The van der Waals surface area contributed by atoms with E-state index in [1.807, 2.05) is 18.3 Å². The van der Waals surface area contributed by atoms with E-state index in [-0.39, 0.29) is 5.75 Å². The van der Waals surface area contributed by atoms with E-state index in [1.54, 1.807) is 0 Å². The summed E-state index contributed by atoms with van der Waals surface area (Å²) < 4.78 is 25.0. The summed E-state index contributed by atoms with van der Waals surface area (Å²) in [6, 6.07) is 8.23. The van der Waals surface area contributed by atoms with E-state index in [1.165, 1.54) is 31.0 Å². The zero-order valence-corrected chi connectivity index (χ0v) is 16.7. The molecule has 0 aliphatic heterocycles. The Balaban J connectivity index is 1.60. The van der Waals surface area contributed by atoms with Gasteiger partial charge in [0.05, 0.1) is 17.2 Å². The van der Waals surface area contributed by atoms with Crippen LogP contribution in [0.3, 0.4) is 0 Å². The summed E-state index contributed by atoms with van der Waals surface area (Å²) >= 11 is 0. The van der Waals surface area contributed by atoms with Crippen LogP contribution in [-0.2, 0) is 22.8 Å². The van der Waals surface area contributed by atoms with Crippen molar-refractivity contribution in [1.29, 1.82) is 0 Å². The number of unbranched alkanes of at least 4 members (excludes halogenated alkanes) is 2. The summed E-state index contributed by atoms with van der Waals surface area (Å²) in [5.41, 5.74) is 3.14. The van der Waals surface area contributed by atoms with Crippen molar-refractivity contribution in [3.63, 3.8) is 0 Å². The van der Waals surface area contributed by atoms with Gasteiger partial charge >= 0.3 is 0 Å². The molecular formula is C21H27N3O2S. The minimum absolute atomic E-state index is 0.277. The van der Waals surface area contributed by atoms with Crippen molar-refractivity contribution in [3.05, 3.63) is 36.3 Å². The first kappa shape index (κ1) is 18.4. The van der Waals surface area contributed by atoms with E-state index < -0.39 is 9.84 Å². The van der Waals surface area contributed by atoms with E-state index in [4.69, 9.17) is 4.98 Å². The Morgan fingerprint density at radius 1 is 1.11 bits per heavy atom. The predicted molar refractivity (Wildman–Crippen MR) is 110 cm³/mol. The largest absolute Gasteiger partial charge is 0.327 e. The van der Waals surface area contributed by atoms with Crippen LogP contribution in [0.25, 0.3) is 21.9 Å². The highest BCUT2D eigenvalue weighted by Crippen LogP contribution is 2.34. The Labute approximate surface area is 160 Å². The lowest BCUT2D eigenvalue weighted by Gasteiger charge is -2.10. The van der Waals surface area contributed by atoms with Crippen molar-refractivity contribution in [2.45, 2.75) is 51.5 Å². The number of pyridine rings is 1. The summed E-state index contributed by atoms with van der Waals surface area (Å²) in [6.07, 6.45) is 10.7. The average molecular weight is 386 g/mol. The number of hydrogen-bond donors (Lipinski definition) is 0. The highest BCUT2D eigenvalue weighted by atomic mass is 32.2. The molecule has 0 spiro atoms. The van der Waals surface area contributed by atoms with E-state index in [9.17, 15) is 8.42 Å². The van der Waals surface area contributed by atoms with E-state index in [0.717, 1.165) is 60.4 Å². The van der Waals surface area contributed by atoms with Crippen LogP contribution in [0.5, 0.6) is 0 Å². The molecule has 3 aromatic rings. The van der Waals surface area contributed by atoms with Gasteiger partial charge in [-0.25, -0.2) is 13.4 Å². The molecule has 0 radical (unpaired) electrons. The molecule has 1 fully saturated rings. The third kappa shape index (κ3) is 4.49. The molecule has 1 aliphatic carbocycles. The van der Waals surface area contributed by atoms with Crippen molar-refractivity contribution >= 4 is 31.8 Å². The fraction of sp³-hybridized carbons (Fsp3) is 0.524. The molecule has 0 atom stereocenters. The fourth-order valence-electron chi connectivity index (χ4n) is 3.79. The molecule has 0 amide bonds. The summed E-state index contributed by atoms with van der Waals surface area (Å²) in [4.78, 5) is 9.47. The SMILES string of the molecule is CS(=O)(=O)CCCCCn1c(CCC2CC2)nc2cnc3ccccc3c21. The number of nitrogens with zero attached hydrogens (tertiary/aromatic N) is 3. The maximum Gasteiger partial charge on any atom is 0.147 e. The van der Waals surface area contributed by atoms with Gasteiger partial charge in [0.1, 0.15) is 21.2 Å². The van der Waals surface area contributed by atoms with Crippen molar-refractivity contribution in [3.8, 4) is 0 Å². The van der Waals surface area contributed by atoms with E-state index in [2.05, 4.69) is 21.7 Å². The van der Waals surface area contributed by atoms with Crippen LogP contribution >= 0.6 is 0 Å². The van der Waals surface area contributed by atoms with Gasteiger partial charge in [0.25, 0.3) is 0 Å². The molecule has 2 aromatic heterocycles. The van der Waals surface area contributed by atoms with Gasteiger partial charge in [-0.2, -0.15) is 0 Å². The van der Waals surface area contributed by atoms with Gasteiger partial charge in [-0.3, -0.25) is 4.98 Å². The summed E-state index contributed by atoms with van der Waals surface area (Å²) in [6.45, 7) is 0.883. The topological polar surface area (TPSA) is 64.8 Å². The van der Waals surface area contributed by atoms with Crippen LogP contribution < -0.4 is 0 Å². The third-order valence-corrected chi connectivity index (χ3v) is 6.46. The van der Waals surface area contributed by atoms with Crippen LogP contribution in [0, 0.1) is 5.92 Å². The number of hydrogen-bond acceptors (Lipinski definition) is 4.